The quantitative estimate of drug-likeness (QED) is 0.674. The molecule has 11 heteroatoms. The summed E-state index contributed by atoms with van der Waals surface area (Å²) in [5, 5.41) is 0. The minimum Gasteiger partial charge on any atom is -0.406 e. The van der Waals surface area contributed by atoms with Crippen LogP contribution in [0.2, 0.25) is 0 Å². The summed E-state index contributed by atoms with van der Waals surface area (Å²) in [5.74, 6) is -0.518. The van der Waals surface area contributed by atoms with E-state index in [9.17, 15) is 21.6 Å². The molecular formula is C22H29F3N4O3S. The monoisotopic (exact) mass is 486 g/mol. The van der Waals surface area contributed by atoms with Crippen LogP contribution in [-0.2, 0) is 16.6 Å². The molecule has 182 valence electrons. The summed E-state index contributed by atoms with van der Waals surface area (Å²) in [5.41, 5.74) is 0.415. The van der Waals surface area contributed by atoms with Gasteiger partial charge in [-0.25, -0.2) is 13.1 Å². The molecule has 1 aliphatic heterocycles. The maximum Gasteiger partial charge on any atom is 0.573 e. The predicted octanol–water partition coefficient (Wildman–Crippen LogP) is 3.47. The first-order valence-electron chi connectivity index (χ1n) is 10.5. The summed E-state index contributed by atoms with van der Waals surface area (Å²) < 4.78 is 70.8. The topological polar surface area (TPSA) is 74.8 Å². The third kappa shape index (κ3) is 7.39. The van der Waals surface area contributed by atoms with Crippen molar-refractivity contribution in [2.75, 3.05) is 33.2 Å². The number of pyridine rings is 1. The summed E-state index contributed by atoms with van der Waals surface area (Å²) in [6.07, 6.45) is -3.28. The largest absolute Gasteiger partial charge is 0.573 e. The maximum absolute atomic E-state index is 13.0. The highest BCUT2D eigenvalue weighted by atomic mass is 32.2. The number of rotatable bonds is 6. The molecule has 1 aromatic heterocycles. The number of likely N-dealkylation sites (N-methyl/N-ethyl adjacent to an activating group) is 1. The highest BCUT2D eigenvalue weighted by molar-refractivity contribution is 7.89. The number of piperazine rings is 1. The lowest BCUT2D eigenvalue weighted by Gasteiger charge is -2.32. The van der Waals surface area contributed by atoms with Crippen molar-refractivity contribution in [1.82, 2.24) is 19.5 Å². The number of hydrogen-bond donors (Lipinski definition) is 1. The molecule has 0 unspecified atom stereocenters. The number of nitrogens with zero attached hydrogens (tertiary/aromatic N) is 3. The molecule has 2 aromatic rings. The van der Waals surface area contributed by atoms with Crippen molar-refractivity contribution in [3.8, 4) is 17.0 Å². The molecule has 1 N–H and O–H groups in total. The summed E-state index contributed by atoms with van der Waals surface area (Å²) in [4.78, 5) is 8.74. The molecular weight excluding hydrogens is 457 g/mol. The van der Waals surface area contributed by atoms with Gasteiger partial charge in [0, 0.05) is 50.0 Å². The molecule has 2 heterocycles. The molecule has 0 atom stereocenters. The van der Waals surface area contributed by atoms with Crippen molar-refractivity contribution in [2.24, 2.45) is 0 Å². The zero-order valence-corrected chi connectivity index (χ0v) is 19.9. The Labute approximate surface area is 192 Å². The van der Waals surface area contributed by atoms with Gasteiger partial charge in [0.15, 0.2) is 0 Å². The third-order valence-corrected chi connectivity index (χ3v) is 6.83. The number of nitrogens with one attached hydrogen (secondary N) is 1. The summed E-state index contributed by atoms with van der Waals surface area (Å²) in [6, 6.07) is 6.56. The maximum atomic E-state index is 13.0. The molecule has 0 spiro atoms. The minimum absolute atomic E-state index is 0.0275. The van der Waals surface area contributed by atoms with Gasteiger partial charge in [0.2, 0.25) is 10.0 Å². The molecule has 1 aliphatic rings. The Morgan fingerprint density at radius 3 is 2.27 bits per heavy atom. The number of alkyl halides is 3. The van der Waals surface area contributed by atoms with Gasteiger partial charge >= 0.3 is 6.36 Å². The number of benzene rings is 1. The fourth-order valence-corrected chi connectivity index (χ4v) is 5.16. The van der Waals surface area contributed by atoms with E-state index in [0.29, 0.717) is 6.54 Å². The lowest BCUT2D eigenvalue weighted by Crippen LogP contribution is -2.43. The molecule has 1 saturated heterocycles. The fraction of sp³-hybridized carbons (Fsp3) is 0.500. The van der Waals surface area contributed by atoms with Gasteiger partial charge in [-0.2, -0.15) is 0 Å². The molecule has 0 saturated carbocycles. The summed E-state index contributed by atoms with van der Waals surface area (Å²) in [6.45, 7) is 9.52. The van der Waals surface area contributed by atoms with Gasteiger partial charge in [0.1, 0.15) is 5.75 Å². The van der Waals surface area contributed by atoms with Gasteiger partial charge < -0.3 is 9.64 Å². The Balaban J connectivity index is 1.94. The lowest BCUT2D eigenvalue weighted by atomic mass is 10.1. The van der Waals surface area contributed by atoms with Crippen LogP contribution in [-0.4, -0.2) is 68.3 Å². The second kappa shape index (κ2) is 9.57. The predicted molar refractivity (Wildman–Crippen MR) is 119 cm³/mol. The second-order valence-corrected chi connectivity index (χ2v) is 10.8. The average Bonchev–Trinajstić information content (AvgIpc) is 2.67. The van der Waals surface area contributed by atoms with Crippen LogP contribution in [0.1, 0.15) is 26.3 Å². The molecule has 0 bridgehead atoms. The number of halogens is 3. The summed E-state index contributed by atoms with van der Waals surface area (Å²) in [7, 11) is -1.96. The second-order valence-electron chi connectivity index (χ2n) is 9.19. The molecule has 0 radical (unpaired) electrons. The van der Waals surface area contributed by atoms with Crippen molar-refractivity contribution in [3.05, 3.63) is 42.1 Å². The van der Waals surface area contributed by atoms with E-state index in [1.165, 1.54) is 0 Å². The number of aromatic nitrogens is 1. The van der Waals surface area contributed by atoms with Gasteiger partial charge in [-0.15, -0.1) is 13.2 Å². The highest BCUT2D eigenvalue weighted by Gasteiger charge is 2.32. The molecule has 1 fully saturated rings. The SMILES string of the molecule is CN1CCN(Cc2ccc(-c3cc(OC(F)(F)F)ccc3S(=O)(=O)NC(C)(C)C)nc2)CC1. The van der Waals surface area contributed by atoms with E-state index < -0.39 is 27.7 Å². The van der Waals surface area contributed by atoms with E-state index in [2.05, 4.69) is 31.3 Å². The normalized spacial score (nSPS) is 16.7. The van der Waals surface area contributed by atoms with Gasteiger partial charge in [0.05, 0.1) is 10.6 Å². The first-order chi connectivity index (χ1) is 15.2. The van der Waals surface area contributed by atoms with Crippen LogP contribution in [0.4, 0.5) is 13.2 Å². The van der Waals surface area contributed by atoms with E-state index in [-0.39, 0.29) is 16.2 Å². The van der Waals surface area contributed by atoms with Crippen LogP contribution in [0, 0.1) is 0 Å². The van der Waals surface area contributed by atoms with Crippen LogP contribution in [0.25, 0.3) is 11.3 Å². The van der Waals surface area contributed by atoms with E-state index in [1.54, 1.807) is 33.0 Å². The molecule has 0 amide bonds. The molecule has 3 rings (SSSR count). The number of sulfonamides is 1. The van der Waals surface area contributed by atoms with Crippen molar-refractivity contribution < 1.29 is 26.3 Å². The Kier molecular flexibility index (Phi) is 7.37. The first-order valence-corrected chi connectivity index (χ1v) is 12.0. The number of ether oxygens (including phenoxy) is 1. The Bertz CT molecular complexity index is 1060. The van der Waals surface area contributed by atoms with Gasteiger partial charge in [-0.05, 0) is 57.6 Å². The van der Waals surface area contributed by atoms with Crippen LogP contribution in [0.15, 0.2) is 41.4 Å². The molecule has 0 aliphatic carbocycles. The average molecular weight is 487 g/mol. The van der Waals surface area contributed by atoms with E-state index in [0.717, 1.165) is 49.9 Å². The van der Waals surface area contributed by atoms with Crippen molar-refractivity contribution in [1.29, 1.82) is 0 Å². The smallest absolute Gasteiger partial charge is 0.406 e. The Hall–Kier alpha value is -2.21. The van der Waals surface area contributed by atoms with Gasteiger partial charge in [-0.3, -0.25) is 9.88 Å². The minimum atomic E-state index is -4.90. The lowest BCUT2D eigenvalue weighted by molar-refractivity contribution is -0.274. The van der Waals surface area contributed by atoms with Crippen LogP contribution >= 0.6 is 0 Å². The van der Waals surface area contributed by atoms with Crippen LogP contribution in [0.3, 0.4) is 0 Å². The molecule has 7 nitrogen and oxygen atoms in total. The van der Waals surface area contributed by atoms with Crippen molar-refractivity contribution in [3.63, 3.8) is 0 Å². The Morgan fingerprint density at radius 1 is 1.06 bits per heavy atom. The molecule has 33 heavy (non-hydrogen) atoms. The zero-order chi connectivity index (χ0) is 24.4. The summed E-state index contributed by atoms with van der Waals surface area (Å²) >= 11 is 0. The van der Waals surface area contributed by atoms with E-state index in [4.69, 9.17) is 0 Å². The highest BCUT2D eigenvalue weighted by Crippen LogP contribution is 2.33. The Morgan fingerprint density at radius 2 is 1.73 bits per heavy atom. The first kappa shape index (κ1) is 25.4. The van der Waals surface area contributed by atoms with Crippen LogP contribution in [0.5, 0.6) is 5.75 Å². The number of hydrogen-bond acceptors (Lipinski definition) is 6. The van der Waals surface area contributed by atoms with E-state index in [1.807, 2.05) is 6.07 Å². The van der Waals surface area contributed by atoms with Crippen molar-refractivity contribution in [2.45, 2.75) is 44.1 Å². The third-order valence-electron chi connectivity index (χ3n) is 5.02. The van der Waals surface area contributed by atoms with Gasteiger partial charge in [-0.1, -0.05) is 6.07 Å². The van der Waals surface area contributed by atoms with E-state index >= 15 is 0 Å². The standard InChI is InChI=1S/C22H29F3N4O3S/c1-21(2,3)27-33(30,31)20-8-6-17(32-22(23,24)25)13-18(20)19-7-5-16(14-26-19)15-29-11-9-28(4)10-12-29/h5-8,13-14,27H,9-12,15H2,1-4H3. The fourth-order valence-electron chi connectivity index (χ4n) is 3.54. The molecule has 1 aromatic carbocycles. The zero-order valence-electron chi connectivity index (χ0n) is 19.1. The van der Waals surface area contributed by atoms with Crippen molar-refractivity contribution >= 4 is 10.0 Å². The van der Waals surface area contributed by atoms with Crippen LogP contribution < -0.4 is 9.46 Å². The van der Waals surface area contributed by atoms with Gasteiger partial charge in [0.25, 0.3) is 0 Å².